The monoisotopic (exact) mass is 581 g/mol. The number of fused-ring (bicyclic) bond motifs is 4. The van der Waals surface area contributed by atoms with Crippen LogP contribution in [0, 0.1) is 0 Å². The number of hydrogen-bond donors (Lipinski definition) is 1. The Bertz CT molecular complexity index is 1920. The molecular weight excluding hydrogens is 538 g/mol. The molecule has 12 bridgehead atoms. The van der Waals surface area contributed by atoms with Crippen molar-refractivity contribution in [2.45, 2.75) is 109 Å². The van der Waals surface area contributed by atoms with Crippen molar-refractivity contribution >= 4 is 35.7 Å². The Balaban J connectivity index is 1.38. The molecule has 2 aromatic rings. The van der Waals surface area contributed by atoms with E-state index in [2.05, 4.69) is 48.3 Å². The lowest BCUT2D eigenvalue weighted by molar-refractivity contribution is -0.498. The van der Waals surface area contributed by atoms with Gasteiger partial charge in [0, 0.05) is 46.6 Å². The third kappa shape index (κ3) is 3.16. The van der Waals surface area contributed by atoms with E-state index in [1.54, 1.807) is 44.5 Å². The van der Waals surface area contributed by atoms with Gasteiger partial charge in [0.15, 0.2) is 13.1 Å². The van der Waals surface area contributed by atoms with Crippen LogP contribution in [-0.2, 0) is 25.7 Å². The highest BCUT2D eigenvalue weighted by Crippen LogP contribution is 2.43. The van der Waals surface area contributed by atoms with Gasteiger partial charge >= 0.3 is 0 Å². The molecule has 0 saturated heterocycles. The second-order valence-electron chi connectivity index (χ2n) is 14.7. The van der Waals surface area contributed by atoms with Crippen molar-refractivity contribution in [3.05, 3.63) is 78.0 Å². The van der Waals surface area contributed by atoms with Gasteiger partial charge in [0.1, 0.15) is 0 Å². The average Bonchev–Trinajstić information content (AvgIpc) is 3.72. The van der Waals surface area contributed by atoms with Gasteiger partial charge in [-0.2, -0.15) is 9.15 Å². The summed E-state index contributed by atoms with van der Waals surface area (Å²) in [7, 11) is 0. The van der Waals surface area contributed by atoms with Crippen LogP contribution in [0.25, 0.3) is 24.3 Å². The summed E-state index contributed by atoms with van der Waals surface area (Å²) in [5.74, 6) is 0. The molecule has 1 N–H and O–H groups in total. The standard InChI is InChI=1S/C39H42N5/c1-2-11-25-24(10-1)32-20-36-28-14-5-6-15-29(28)38-22-34-26-12-3-4-13-27(26)35-23-39-31-17-8-7-16-30(31)37(44(39)40-43(36)38)21-33(25)41(32)18-9-19-42(34)35/h20-23H,1-19H2/q+1/p+1. The van der Waals surface area contributed by atoms with Crippen LogP contribution in [0.2, 0.25) is 0 Å². The van der Waals surface area contributed by atoms with Crippen molar-refractivity contribution in [1.29, 1.82) is 0 Å². The van der Waals surface area contributed by atoms with Crippen LogP contribution in [0.4, 0.5) is 0 Å². The summed E-state index contributed by atoms with van der Waals surface area (Å²) >= 11 is 0. The van der Waals surface area contributed by atoms with Crippen LogP contribution < -0.4 is 16.2 Å². The van der Waals surface area contributed by atoms with Gasteiger partial charge in [0.25, 0.3) is 0 Å². The molecule has 8 heterocycles. The lowest BCUT2D eigenvalue weighted by Crippen LogP contribution is -2.42. The highest BCUT2D eigenvalue weighted by Gasteiger charge is 2.43. The van der Waals surface area contributed by atoms with Crippen molar-refractivity contribution in [3.63, 3.8) is 0 Å². The van der Waals surface area contributed by atoms with Gasteiger partial charge in [0.2, 0.25) is 22.8 Å². The third-order valence-corrected chi connectivity index (χ3v) is 12.5. The number of aromatic nitrogens is 2. The molecule has 0 aromatic carbocycles. The van der Waals surface area contributed by atoms with Crippen LogP contribution in [-0.4, -0.2) is 43.0 Å². The Morgan fingerprint density at radius 3 is 1.36 bits per heavy atom. The van der Waals surface area contributed by atoms with Gasteiger partial charge in [-0.1, -0.05) is 0 Å². The summed E-state index contributed by atoms with van der Waals surface area (Å²) in [6, 6.07) is 0. The molecule has 12 rings (SSSR count). The van der Waals surface area contributed by atoms with Crippen LogP contribution in [0.1, 0.15) is 117 Å². The lowest BCUT2D eigenvalue weighted by Gasteiger charge is -2.19. The summed E-state index contributed by atoms with van der Waals surface area (Å²) in [6.45, 7) is 2.18. The van der Waals surface area contributed by atoms with Crippen molar-refractivity contribution in [2.75, 3.05) is 18.6 Å². The predicted molar refractivity (Wildman–Crippen MR) is 177 cm³/mol. The first-order valence-electron chi connectivity index (χ1n) is 18.0. The van der Waals surface area contributed by atoms with Gasteiger partial charge in [-0.3, -0.25) is 0 Å². The molecule has 4 aliphatic carbocycles. The minimum atomic E-state index is 1.09. The molecule has 0 unspecified atom stereocenters. The summed E-state index contributed by atoms with van der Waals surface area (Å²) in [4.78, 5) is 0. The highest BCUT2D eigenvalue weighted by atomic mass is 15.7. The topological polar surface area (TPSA) is 27.9 Å². The normalized spacial score (nSPS) is 24.5. The number of rotatable bonds is 0. The fourth-order valence-electron chi connectivity index (χ4n) is 10.6. The van der Waals surface area contributed by atoms with E-state index in [-0.39, 0.29) is 0 Å². The molecule has 222 valence electrons. The first-order chi connectivity index (χ1) is 21.8. The number of allylic oxidation sites excluding steroid dienone is 4. The zero-order valence-corrected chi connectivity index (χ0v) is 26.0. The third-order valence-electron chi connectivity index (χ3n) is 12.5. The quantitative estimate of drug-likeness (QED) is 0.415. The largest absolute Gasteiger partial charge is 0.241 e. The summed E-state index contributed by atoms with van der Waals surface area (Å²) in [6.07, 6.45) is 31.9. The Morgan fingerprint density at radius 1 is 0.432 bits per heavy atom. The first kappa shape index (κ1) is 24.7. The average molecular weight is 582 g/mol. The number of nitrogens with one attached hydrogen (secondary N) is 1. The van der Waals surface area contributed by atoms with Crippen molar-refractivity contribution in [2.24, 2.45) is 0 Å². The maximum atomic E-state index is 4.18. The zero-order valence-electron chi connectivity index (χ0n) is 26.0. The van der Waals surface area contributed by atoms with E-state index in [9.17, 15) is 0 Å². The van der Waals surface area contributed by atoms with Gasteiger partial charge in [-0.05, 0) is 125 Å². The molecule has 0 spiro atoms. The zero-order chi connectivity index (χ0) is 28.5. The van der Waals surface area contributed by atoms with Gasteiger partial charge in [-0.25, -0.2) is 14.9 Å². The van der Waals surface area contributed by atoms with Crippen molar-refractivity contribution in [1.82, 2.24) is 9.35 Å². The molecule has 0 fully saturated rings. The molecule has 5 nitrogen and oxygen atoms in total. The SMILES string of the molecule is C1=C2C3=C(CCCC3)C3=[N+]2CCC[N+]2=C4C=c5c6c(c(n5Nn5c1c1c(c5C=C2C2=C4CCCC2)CCCC1)=C3)CCCC6. The van der Waals surface area contributed by atoms with Crippen LogP contribution >= 0.6 is 0 Å². The lowest BCUT2D eigenvalue weighted by atomic mass is 9.87. The smallest absolute Gasteiger partial charge is 0.211 e. The maximum Gasteiger partial charge on any atom is 0.211 e. The maximum absolute atomic E-state index is 4.18. The molecule has 5 heteroatoms. The van der Waals surface area contributed by atoms with Gasteiger partial charge in [-0.15, -0.1) is 0 Å². The van der Waals surface area contributed by atoms with Crippen LogP contribution in [0.5, 0.6) is 0 Å². The Labute approximate surface area is 259 Å². The minimum absolute atomic E-state index is 1.09. The highest BCUT2D eigenvalue weighted by molar-refractivity contribution is 6.21. The molecule has 2 aromatic heterocycles. The van der Waals surface area contributed by atoms with Gasteiger partial charge in [0.05, 0.1) is 28.5 Å². The molecular formula is C39H43N5+2. The van der Waals surface area contributed by atoms with E-state index in [1.165, 1.54) is 154 Å². The predicted octanol–water partition coefficient (Wildman–Crippen LogP) is 5.40. The van der Waals surface area contributed by atoms with E-state index in [1.807, 2.05) is 0 Å². The van der Waals surface area contributed by atoms with E-state index < -0.39 is 0 Å². The van der Waals surface area contributed by atoms with E-state index in [4.69, 9.17) is 0 Å². The summed E-state index contributed by atoms with van der Waals surface area (Å²) in [5, 5.41) is 2.84. The minimum Gasteiger partial charge on any atom is -0.241 e. The molecule has 0 radical (unpaired) electrons. The second-order valence-corrected chi connectivity index (χ2v) is 14.7. The van der Waals surface area contributed by atoms with Crippen molar-refractivity contribution < 1.29 is 9.15 Å². The van der Waals surface area contributed by atoms with Gasteiger partial charge < -0.3 is 0 Å². The fraction of sp³-hybridized carbons (Fsp3) is 0.487. The van der Waals surface area contributed by atoms with Crippen LogP contribution in [0.15, 0.2) is 33.7 Å². The molecule has 0 atom stereocenters. The summed E-state index contributed by atoms with van der Waals surface area (Å²) < 4.78 is 10.7. The molecule has 0 saturated carbocycles. The molecule has 10 aliphatic rings. The van der Waals surface area contributed by atoms with E-state index in [0.29, 0.717) is 0 Å². The fourth-order valence-corrected chi connectivity index (χ4v) is 10.6. The van der Waals surface area contributed by atoms with Crippen LogP contribution in [0.3, 0.4) is 0 Å². The molecule has 44 heavy (non-hydrogen) atoms. The summed E-state index contributed by atoms with van der Waals surface area (Å²) in [5.41, 5.74) is 26.1. The Kier molecular flexibility index (Phi) is 5.04. The Hall–Kier alpha value is -3.60. The second kappa shape index (κ2) is 8.99. The van der Waals surface area contributed by atoms with Crippen molar-refractivity contribution in [3.8, 4) is 0 Å². The molecule has 0 amide bonds. The van der Waals surface area contributed by atoms with E-state index >= 15 is 0 Å². The number of nitrogens with zero attached hydrogens (tertiary/aromatic N) is 4. The number of hydrogen-bond acceptors (Lipinski definition) is 1. The Morgan fingerprint density at radius 2 is 0.864 bits per heavy atom. The first-order valence-corrected chi connectivity index (χ1v) is 18.0. The van der Waals surface area contributed by atoms with E-state index in [0.717, 1.165) is 13.1 Å². The molecule has 6 aliphatic heterocycles.